The van der Waals surface area contributed by atoms with Crippen molar-refractivity contribution in [1.29, 1.82) is 0 Å². The third kappa shape index (κ3) is 3.85. The molecular formula is C19H26N4O2. The minimum Gasteiger partial charge on any atom is -0.381 e. The van der Waals surface area contributed by atoms with E-state index in [1.807, 2.05) is 23.4 Å². The van der Waals surface area contributed by atoms with Crippen LogP contribution in [0.4, 0.5) is 0 Å². The van der Waals surface area contributed by atoms with Crippen LogP contribution in [0.15, 0.2) is 30.7 Å². The topological polar surface area (TPSA) is 50.6 Å². The first-order valence-electron chi connectivity index (χ1n) is 9.26. The molecule has 2 aromatic rings. The maximum absolute atomic E-state index is 12.5. The van der Waals surface area contributed by atoms with Gasteiger partial charge in [-0.15, -0.1) is 0 Å². The Morgan fingerprint density at radius 2 is 2.12 bits per heavy atom. The monoisotopic (exact) mass is 342 g/mol. The molecule has 0 aliphatic carbocycles. The summed E-state index contributed by atoms with van der Waals surface area (Å²) in [4.78, 5) is 21.2. The van der Waals surface area contributed by atoms with Crippen molar-refractivity contribution in [2.45, 2.75) is 19.4 Å². The fourth-order valence-electron chi connectivity index (χ4n) is 3.87. The predicted molar refractivity (Wildman–Crippen MR) is 96.3 cm³/mol. The summed E-state index contributed by atoms with van der Waals surface area (Å²) in [6.07, 6.45) is 7.44. The van der Waals surface area contributed by atoms with Gasteiger partial charge in [0.1, 0.15) is 0 Å². The molecule has 6 nitrogen and oxygen atoms in total. The van der Waals surface area contributed by atoms with Crippen LogP contribution in [0.1, 0.15) is 12.8 Å². The molecule has 4 heterocycles. The van der Waals surface area contributed by atoms with E-state index in [9.17, 15) is 4.79 Å². The molecule has 1 atom stereocenters. The van der Waals surface area contributed by atoms with Gasteiger partial charge in [0.15, 0.2) is 0 Å². The fraction of sp³-hybridized carbons (Fsp3) is 0.579. The molecule has 134 valence electrons. The van der Waals surface area contributed by atoms with Gasteiger partial charge in [-0.2, -0.15) is 0 Å². The van der Waals surface area contributed by atoms with Gasteiger partial charge in [0.05, 0.1) is 18.3 Å². The number of hydrogen-bond acceptors (Lipinski definition) is 4. The summed E-state index contributed by atoms with van der Waals surface area (Å²) in [6.45, 7) is 7.31. The Kier molecular flexibility index (Phi) is 4.99. The third-order valence-electron chi connectivity index (χ3n) is 5.41. The standard InChI is InChI=1S/C19H26N4O2/c24-19(3-7-22-6-2-17-1-5-20-13-18(17)22)23-10-8-21(9-11-23)14-16-4-12-25-15-16/h1-2,5-6,13,16H,3-4,7-12,14-15H2. The first-order chi connectivity index (χ1) is 12.3. The highest BCUT2D eigenvalue weighted by molar-refractivity contribution is 5.79. The van der Waals surface area contributed by atoms with Crippen LogP contribution >= 0.6 is 0 Å². The molecule has 2 fully saturated rings. The summed E-state index contributed by atoms with van der Waals surface area (Å²) in [7, 11) is 0. The number of amides is 1. The highest BCUT2D eigenvalue weighted by Gasteiger charge is 2.24. The number of aromatic nitrogens is 2. The summed E-state index contributed by atoms with van der Waals surface area (Å²) < 4.78 is 7.58. The summed E-state index contributed by atoms with van der Waals surface area (Å²) >= 11 is 0. The third-order valence-corrected chi connectivity index (χ3v) is 5.41. The lowest BCUT2D eigenvalue weighted by atomic mass is 10.1. The number of aryl methyl sites for hydroxylation is 1. The van der Waals surface area contributed by atoms with Gasteiger partial charge in [0.25, 0.3) is 0 Å². The lowest BCUT2D eigenvalue weighted by Crippen LogP contribution is -2.49. The zero-order valence-corrected chi connectivity index (χ0v) is 14.6. The van der Waals surface area contributed by atoms with Crippen molar-refractivity contribution in [2.24, 2.45) is 5.92 Å². The molecule has 2 saturated heterocycles. The van der Waals surface area contributed by atoms with Crippen LogP contribution in [0.25, 0.3) is 10.9 Å². The van der Waals surface area contributed by atoms with Crippen LogP contribution in [0, 0.1) is 5.92 Å². The second kappa shape index (κ2) is 7.54. The number of nitrogens with zero attached hydrogens (tertiary/aromatic N) is 4. The number of ether oxygens (including phenoxy) is 1. The van der Waals surface area contributed by atoms with Gasteiger partial charge in [0, 0.05) is 70.1 Å². The number of carbonyl (C=O) groups excluding carboxylic acids is 1. The number of carbonyl (C=O) groups is 1. The molecule has 4 rings (SSSR count). The van der Waals surface area contributed by atoms with Gasteiger partial charge in [-0.05, 0) is 24.5 Å². The zero-order valence-electron chi connectivity index (χ0n) is 14.6. The molecule has 25 heavy (non-hydrogen) atoms. The normalized spacial score (nSPS) is 21.9. The van der Waals surface area contributed by atoms with E-state index in [0.29, 0.717) is 18.9 Å². The van der Waals surface area contributed by atoms with Crippen LogP contribution in [-0.2, 0) is 16.1 Å². The van der Waals surface area contributed by atoms with E-state index < -0.39 is 0 Å². The molecule has 2 aliphatic heterocycles. The molecule has 2 aromatic heterocycles. The molecule has 1 amide bonds. The van der Waals surface area contributed by atoms with Gasteiger partial charge < -0.3 is 14.2 Å². The Hall–Kier alpha value is -1.92. The number of hydrogen-bond donors (Lipinski definition) is 0. The smallest absolute Gasteiger partial charge is 0.224 e. The number of fused-ring (bicyclic) bond motifs is 1. The van der Waals surface area contributed by atoms with E-state index in [0.717, 1.165) is 51.5 Å². The quantitative estimate of drug-likeness (QED) is 0.828. The lowest BCUT2D eigenvalue weighted by Gasteiger charge is -2.35. The maximum atomic E-state index is 12.5. The van der Waals surface area contributed by atoms with Crippen LogP contribution in [0.2, 0.25) is 0 Å². The molecule has 6 heteroatoms. The van der Waals surface area contributed by atoms with Gasteiger partial charge in [0.2, 0.25) is 5.91 Å². The highest BCUT2D eigenvalue weighted by Crippen LogP contribution is 2.16. The molecule has 0 N–H and O–H groups in total. The maximum Gasteiger partial charge on any atom is 0.224 e. The van der Waals surface area contributed by atoms with Gasteiger partial charge in [-0.25, -0.2) is 0 Å². The zero-order chi connectivity index (χ0) is 17.1. The summed E-state index contributed by atoms with van der Waals surface area (Å²) in [5.41, 5.74) is 1.10. The molecule has 0 spiro atoms. The Balaban J connectivity index is 1.25. The summed E-state index contributed by atoms with van der Waals surface area (Å²) in [5.74, 6) is 0.937. The second-order valence-electron chi connectivity index (χ2n) is 7.10. The van der Waals surface area contributed by atoms with E-state index in [4.69, 9.17) is 4.74 Å². The molecule has 1 unspecified atom stereocenters. The van der Waals surface area contributed by atoms with E-state index in [2.05, 4.69) is 20.5 Å². The first kappa shape index (κ1) is 16.5. The number of pyridine rings is 1. The van der Waals surface area contributed by atoms with Crippen LogP contribution in [0.3, 0.4) is 0 Å². The minimum absolute atomic E-state index is 0.259. The van der Waals surface area contributed by atoms with Gasteiger partial charge >= 0.3 is 0 Å². The Bertz CT molecular complexity index is 715. The van der Waals surface area contributed by atoms with E-state index in [1.54, 1.807) is 6.20 Å². The molecule has 2 aliphatic rings. The van der Waals surface area contributed by atoms with Crippen molar-refractivity contribution in [3.63, 3.8) is 0 Å². The van der Waals surface area contributed by atoms with Crippen molar-refractivity contribution < 1.29 is 9.53 Å². The SMILES string of the molecule is O=C(CCn1ccc2ccncc21)N1CCN(CC2CCOC2)CC1. The summed E-state index contributed by atoms with van der Waals surface area (Å²) in [6, 6.07) is 4.08. The predicted octanol–water partition coefficient (Wildman–Crippen LogP) is 1.61. The fourth-order valence-corrected chi connectivity index (χ4v) is 3.87. The van der Waals surface area contributed by atoms with Crippen molar-refractivity contribution in [3.05, 3.63) is 30.7 Å². The molecule has 0 bridgehead atoms. The lowest BCUT2D eigenvalue weighted by molar-refractivity contribution is -0.133. The minimum atomic E-state index is 0.259. The Morgan fingerprint density at radius 1 is 1.24 bits per heavy atom. The van der Waals surface area contributed by atoms with Crippen LogP contribution in [-0.4, -0.2) is 71.2 Å². The van der Waals surface area contributed by atoms with E-state index >= 15 is 0 Å². The van der Waals surface area contributed by atoms with Crippen molar-refractivity contribution >= 4 is 16.8 Å². The van der Waals surface area contributed by atoms with Crippen molar-refractivity contribution in [3.8, 4) is 0 Å². The summed E-state index contributed by atoms with van der Waals surface area (Å²) in [5, 5.41) is 1.17. The van der Waals surface area contributed by atoms with Crippen molar-refractivity contribution in [2.75, 3.05) is 45.9 Å². The average molecular weight is 342 g/mol. The van der Waals surface area contributed by atoms with Crippen LogP contribution < -0.4 is 0 Å². The number of rotatable bonds is 5. The Morgan fingerprint density at radius 3 is 2.92 bits per heavy atom. The van der Waals surface area contributed by atoms with Gasteiger partial charge in [-0.3, -0.25) is 14.7 Å². The van der Waals surface area contributed by atoms with Crippen molar-refractivity contribution in [1.82, 2.24) is 19.4 Å². The molecular weight excluding hydrogens is 316 g/mol. The van der Waals surface area contributed by atoms with E-state index in [1.165, 1.54) is 11.8 Å². The molecule has 0 saturated carbocycles. The Labute approximate surface area is 148 Å². The average Bonchev–Trinajstić information content (AvgIpc) is 3.30. The van der Waals surface area contributed by atoms with Gasteiger partial charge in [-0.1, -0.05) is 0 Å². The highest BCUT2D eigenvalue weighted by atomic mass is 16.5. The molecule has 0 radical (unpaired) electrons. The van der Waals surface area contributed by atoms with E-state index in [-0.39, 0.29) is 5.91 Å². The van der Waals surface area contributed by atoms with Crippen LogP contribution in [0.5, 0.6) is 0 Å². The second-order valence-corrected chi connectivity index (χ2v) is 7.10. The molecule has 0 aromatic carbocycles. The largest absolute Gasteiger partial charge is 0.381 e. The number of piperazine rings is 1. The first-order valence-corrected chi connectivity index (χ1v) is 9.26.